The predicted molar refractivity (Wildman–Crippen MR) is 73.7 cm³/mol. The van der Waals surface area contributed by atoms with Crippen molar-refractivity contribution in [2.75, 3.05) is 25.1 Å². The first-order valence-corrected chi connectivity index (χ1v) is 6.75. The Morgan fingerprint density at radius 3 is 2.57 bits per heavy atom. The lowest BCUT2D eigenvalue weighted by Crippen LogP contribution is -2.29. The maximum Gasteiger partial charge on any atom is 0.296 e. The van der Waals surface area contributed by atoms with Gasteiger partial charge < -0.3 is 20.1 Å². The molecule has 0 atom stereocenters. The van der Waals surface area contributed by atoms with Gasteiger partial charge in [0.05, 0.1) is 17.5 Å². The van der Waals surface area contributed by atoms with Crippen molar-refractivity contribution >= 4 is 17.3 Å². The van der Waals surface area contributed by atoms with Crippen LogP contribution >= 0.6 is 0 Å². The second-order valence-electron chi connectivity index (χ2n) is 4.97. The quantitative estimate of drug-likeness (QED) is 0.621. The number of nitro groups is 1. The van der Waals surface area contributed by atoms with E-state index >= 15 is 0 Å². The van der Waals surface area contributed by atoms with Gasteiger partial charge in [0, 0.05) is 12.1 Å². The number of amides is 1. The molecule has 21 heavy (non-hydrogen) atoms. The third-order valence-electron chi connectivity index (χ3n) is 3.26. The molecule has 0 spiro atoms. The number of rotatable bonds is 5. The molecule has 1 aliphatic carbocycles. The first kappa shape index (κ1) is 13.6. The summed E-state index contributed by atoms with van der Waals surface area (Å²) in [7, 11) is 0. The minimum Gasteiger partial charge on any atom is -0.486 e. The number of nitrogens with zero attached hydrogens (tertiary/aromatic N) is 1. The van der Waals surface area contributed by atoms with Crippen LogP contribution in [-0.4, -0.2) is 36.6 Å². The molecule has 1 aliphatic heterocycles. The number of nitro benzene ring substituents is 1. The standard InChI is InChI=1S/C13H15N3O5/c17-13(7-14-8-1-2-8)15-9-5-11-12(21-4-3-20-11)6-10(9)16(18)19/h5-6,8,14H,1-4,7H2,(H,15,17). The van der Waals surface area contributed by atoms with Gasteiger partial charge in [-0.25, -0.2) is 0 Å². The topological polar surface area (TPSA) is 103 Å². The second-order valence-corrected chi connectivity index (χ2v) is 4.97. The number of benzene rings is 1. The van der Waals surface area contributed by atoms with E-state index < -0.39 is 4.92 Å². The molecule has 1 aromatic rings. The molecule has 1 saturated carbocycles. The van der Waals surface area contributed by atoms with Gasteiger partial charge in [0.1, 0.15) is 18.9 Å². The van der Waals surface area contributed by atoms with Crippen LogP contribution in [0.5, 0.6) is 11.5 Å². The van der Waals surface area contributed by atoms with E-state index in [4.69, 9.17) is 9.47 Å². The van der Waals surface area contributed by atoms with Crippen LogP contribution in [-0.2, 0) is 4.79 Å². The summed E-state index contributed by atoms with van der Waals surface area (Å²) in [5.74, 6) is 0.404. The molecule has 8 heteroatoms. The Hall–Kier alpha value is -2.35. The van der Waals surface area contributed by atoms with Gasteiger partial charge in [-0.1, -0.05) is 0 Å². The van der Waals surface area contributed by atoms with Gasteiger partial charge in [-0.05, 0) is 12.8 Å². The van der Waals surface area contributed by atoms with Crippen LogP contribution in [0.4, 0.5) is 11.4 Å². The molecule has 2 N–H and O–H groups in total. The van der Waals surface area contributed by atoms with Crippen LogP contribution in [0.1, 0.15) is 12.8 Å². The predicted octanol–water partition coefficient (Wildman–Crippen LogP) is 1.06. The Bertz CT molecular complexity index is 585. The summed E-state index contributed by atoms with van der Waals surface area (Å²) in [6, 6.07) is 3.10. The Balaban J connectivity index is 1.78. The minimum absolute atomic E-state index is 0.117. The lowest BCUT2D eigenvalue weighted by Gasteiger charge is -2.19. The fourth-order valence-electron chi connectivity index (χ4n) is 2.05. The molecule has 1 aromatic carbocycles. The number of anilines is 1. The lowest BCUT2D eigenvalue weighted by molar-refractivity contribution is -0.384. The highest BCUT2D eigenvalue weighted by Crippen LogP contribution is 2.39. The average Bonchev–Trinajstić information content (AvgIpc) is 3.28. The molecule has 2 aliphatic rings. The van der Waals surface area contributed by atoms with Crippen molar-refractivity contribution in [1.29, 1.82) is 0 Å². The highest BCUT2D eigenvalue weighted by Gasteiger charge is 2.25. The number of fused-ring (bicyclic) bond motifs is 1. The van der Waals surface area contributed by atoms with Crippen molar-refractivity contribution in [2.45, 2.75) is 18.9 Å². The normalized spacial score (nSPS) is 16.4. The zero-order valence-electron chi connectivity index (χ0n) is 11.3. The SMILES string of the molecule is O=C(CNC1CC1)Nc1cc2c(cc1[N+](=O)[O-])OCCO2. The summed E-state index contributed by atoms with van der Waals surface area (Å²) in [4.78, 5) is 22.4. The van der Waals surface area contributed by atoms with Crippen molar-refractivity contribution in [3.63, 3.8) is 0 Å². The molecule has 1 heterocycles. The molecule has 0 radical (unpaired) electrons. The Labute approximate surface area is 120 Å². The number of nitrogens with one attached hydrogen (secondary N) is 2. The number of carbonyl (C=O) groups is 1. The van der Waals surface area contributed by atoms with Gasteiger partial charge >= 0.3 is 0 Å². The van der Waals surface area contributed by atoms with Crippen LogP contribution in [0.25, 0.3) is 0 Å². The van der Waals surface area contributed by atoms with Crippen molar-refractivity contribution < 1.29 is 19.2 Å². The summed E-state index contributed by atoms with van der Waals surface area (Å²) in [5, 5.41) is 16.7. The molecule has 8 nitrogen and oxygen atoms in total. The molecule has 0 saturated heterocycles. The molecule has 0 bridgehead atoms. The Kier molecular flexibility index (Phi) is 3.61. The van der Waals surface area contributed by atoms with Gasteiger partial charge in [0.25, 0.3) is 5.69 Å². The number of hydrogen-bond acceptors (Lipinski definition) is 6. The Morgan fingerprint density at radius 1 is 1.29 bits per heavy atom. The molecule has 112 valence electrons. The van der Waals surface area contributed by atoms with E-state index in [2.05, 4.69) is 10.6 Å². The molecule has 1 amide bonds. The molecule has 0 aromatic heterocycles. The summed E-state index contributed by atoms with van der Waals surface area (Å²) >= 11 is 0. The van der Waals surface area contributed by atoms with Gasteiger partial charge in [0.15, 0.2) is 11.5 Å². The smallest absolute Gasteiger partial charge is 0.296 e. The Morgan fingerprint density at radius 2 is 1.95 bits per heavy atom. The first-order valence-electron chi connectivity index (χ1n) is 6.75. The maximum absolute atomic E-state index is 11.8. The van der Waals surface area contributed by atoms with Crippen molar-refractivity contribution in [2.24, 2.45) is 0 Å². The third-order valence-corrected chi connectivity index (χ3v) is 3.26. The summed E-state index contributed by atoms with van der Waals surface area (Å²) in [5.41, 5.74) is -0.0918. The number of hydrogen-bond donors (Lipinski definition) is 2. The van der Waals surface area contributed by atoms with Gasteiger partial charge in [-0.3, -0.25) is 14.9 Å². The number of carbonyl (C=O) groups excluding carboxylic acids is 1. The largest absolute Gasteiger partial charge is 0.486 e. The van der Waals surface area contributed by atoms with E-state index in [1.54, 1.807) is 0 Å². The van der Waals surface area contributed by atoms with Crippen LogP contribution < -0.4 is 20.1 Å². The molecule has 1 fully saturated rings. The van der Waals surface area contributed by atoms with Crippen LogP contribution in [0.3, 0.4) is 0 Å². The van der Waals surface area contributed by atoms with Crippen molar-refractivity contribution in [1.82, 2.24) is 5.32 Å². The summed E-state index contributed by atoms with van der Waals surface area (Å²) in [6.45, 7) is 0.860. The van der Waals surface area contributed by atoms with E-state index in [1.807, 2.05) is 0 Å². The van der Waals surface area contributed by atoms with E-state index in [0.29, 0.717) is 30.8 Å². The maximum atomic E-state index is 11.8. The highest BCUT2D eigenvalue weighted by molar-refractivity contribution is 5.95. The van der Waals surface area contributed by atoms with E-state index in [0.717, 1.165) is 12.8 Å². The van der Waals surface area contributed by atoms with Gasteiger partial charge in [-0.2, -0.15) is 0 Å². The van der Waals surface area contributed by atoms with Gasteiger partial charge in [0.2, 0.25) is 5.91 Å². The molecular weight excluding hydrogens is 278 g/mol. The highest BCUT2D eigenvalue weighted by atomic mass is 16.6. The van der Waals surface area contributed by atoms with Crippen LogP contribution in [0.2, 0.25) is 0 Å². The number of ether oxygens (including phenoxy) is 2. The van der Waals surface area contributed by atoms with Crippen LogP contribution in [0.15, 0.2) is 12.1 Å². The monoisotopic (exact) mass is 293 g/mol. The summed E-state index contributed by atoms with van der Waals surface area (Å²) in [6.07, 6.45) is 2.13. The fraction of sp³-hybridized carbons (Fsp3) is 0.462. The van der Waals surface area contributed by atoms with Crippen molar-refractivity contribution in [3.05, 3.63) is 22.2 Å². The summed E-state index contributed by atoms with van der Waals surface area (Å²) < 4.78 is 10.7. The van der Waals surface area contributed by atoms with E-state index in [9.17, 15) is 14.9 Å². The second kappa shape index (κ2) is 5.57. The third kappa shape index (κ3) is 3.22. The first-order chi connectivity index (χ1) is 10.1. The zero-order chi connectivity index (χ0) is 14.8. The van der Waals surface area contributed by atoms with Crippen LogP contribution in [0, 0.1) is 10.1 Å². The lowest BCUT2D eigenvalue weighted by atomic mass is 10.2. The van der Waals surface area contributed by atoms with E-state index in [1.165, 1.54) is 12.1 Å². The fourth-order valence-corrected chi connectivity index (χ4v) is 2.05. The molecular formula is C13H15N3O5. The molecule has 0 unspecified atom stereocenters. The zero-order valence-corrected chi connectivity index (χ0v) is 11.3. The van der Waals surface area contributed by atoms with E-state index in [-0.39, 0.29) is 23.8 Å². The average molecular weight is 293 g/mol. The minimum atomic E-state index is -0.553. The molecule has 3 rings (SSSR count). The van der Waals surface area contributed by atoms with Crippen molar-refractivity contribution in [3.8, 4) is 11.5 Å². The van der Waals surface area contributed by atoms with Gasteiger partial charge in [-0.15, -0.1) is 0 Å².